The molecule has 0 radical (unpaired) electrons. The van der Waals surface area contributed by atoms with Crippen LogP contribution in [0.1, 0.15) is 11.3 Å². The van der Waals surface area contributed by atoms with Crippen molar-refractivity contribution in [2.45, 2.75) is 13.3 Å². The maximum Gasteiger partial charge on any atom is 0.231 e. The van der Waals surface area contributed by atoms with Gasteiger partial charge in [-0.15, -0.1) is 0 Å². The minimum atomic E-state index is -0.271. The van der Waals surface area contributed by atoms with Crippen LogP contribution in [-0.2, 0) is 11.2 Å². The van der Waals surface area contributed by atoms with E-state index in [1.807, 2.05) is 6.92 Å². The number of pyridine rings is 1. The number of ether oxygens (including phenoxy) is 4. The van der Waals surface area contributed by atoms with Gasteiger partial charge in [-0.2, -0.15) is 5.10 Å². The summed E-state index contributed by atoms with van der Waals surface area (Å²) in [6, 6.07) is 5.12. The molecule has 0 aliphatic heterocycles. The molecule has 0 saturated carbocycles. The van der Waals surface area contributed by atoms with Crippen molar-refractivity contribution in [3.05, 3.63) is 48.2 Å². The van der Waals surface area contributed by atoms with Gasteiger partial charge in [-0.05, 0) is 13.0 Å². The number of aromatic nitrogens is 5. The normalized spacial score (nSPS) is 10.7. The first-order valence-corrected chi connectivity index (χ1v) is 9.90. The smallest absolute Gasteiger partial charge is 0.231 e. The Morgan fingerprint density at radius 3 is 2.45 bits per heavy atom. The van der Waals surface area contributed by atoms with Gasteiger partial charge in [0.15, 0.2) is 23.1 Å². The van der Waals surface area contributed by atoms with E-state index in [1.165, 1.54) is 19.6 Å². The highest BCUT2D eigenvalue weighted by atomic mass is 16.5. The molecule has 0 aliphatic rings. The van der Waals surface area contributed by atoms with E-state index in [2.05, 4.69) is 30.5 Å². The van der Waals surface area contributed by atoms with Crippen molar-refractivity contribution >= 4 is 22.6 Å². The van der Waals surface area contributed by atoms with Crippen LogP contribution in [0.15, 0.2) is 36.9 Å². The molecule has 11 heteroatoms. The topological polar surface area (TPSA) is 133 Å². The van der Waals surface area contributed by atoms with Crippen molar-refractivity contribution in [2.24, 2.45) is 0 Å². The monoisotopic (exact) mass is 450 g/mol. The second kappa shape index (κ2) is 9.39. The molecule has 0 aliphatic carbocycles. The summed E-state index contributed by atoms with van der Waals surface area (Å²) in [5, 5.41) is 10.1. The first kappa shape index (κ1) is 21.8. The van der Waals surface area contributed by atoms with E-state index >= 15 is 0 Å². The lowest BCUT2D eigenvalue weighted by Gasteiger charge is -2.13. The highest BCUT2D eigenvalue weighted by Gasteiger charge is 2.16. The summed E-state index contributed by atoms with van der Waals surface area (Å²) >= 11 is 0. The quantitative estimate of drug-likeness (QED) is 0.415. The van der Waals surface area contributed by atoms with Gasteiger partial charge >= 0.3 is 0 Å². The van der Waals surface area contributed by atoms with E-state index in [4.69, 9.17) is 18.9 Å². The average molecular weight is 450 g/mol. The summed E-state index contributed by atoms with van der Waals surface area (Å²) in [5.41, 5.74) is 1.91. The number of aromatic amines is 1. The number of nitrogens with zero attached hydrogens (tertiary/aromatic N) is 4. The van der Waals surface area contributed by atoms with Gasteiger partial charge in [-0.3, -0.25) is 14.9 Å². The molecular weight excluding hydrogens is 428 g/mol. The molecule has 1 aromatic carbocycles. The fourth-order valence-corrected chi connectivity index (χ4v) is 3.18. The number of rotatable bonds is 8. The minimum Gasteiger partial charge on any atom is -0.495 e. The Morgan fingerprint density at radius 2 is 1.76 bits per heavy atom. The number of aryl methyl sites for hydroxylation is 1. The zero-order chi connectivity index (χ0) is 23.4. The predicted octanol–water partition coefficient (Wildman–Crippen LogP) is 3.06. The van der Waals surface area contributed by atoms with E-state index in [-0.39, 0.29) is 12.3 Å². The molecule has 3 aromatic heterocycles. The zero-order valence-corrected chi connectivity index (χ0v) is 18.5. The Hall–Kier alpha value is -4.41. The van der Waals surface area contributed by atoms with Crippen LogP contribution in [0.3, 0.4) is 0 Å². The molecule has 0 spiro atoms. The molecule has 3 heterocycles. The Kier molecular flexibility index (Phi) is 6.20. The lowest BCUT2D eigenvalue weighted by atomic mass is 10.2. The molecule has 2 N–H and O–H groups in total. The van der Waals surface area contributed by atoms with Crippen molar-refractivity contribution < 1.29 is 23.7 Å². The fourth-order valence-electron chi connectivity index (χ4n) is 3.18. The number of methoxy groups -OCH3 is 3. The number of fused-ring (bicyclic) bond motifs is 1. The molecule has 0 atom stereocenters. The standard InChI is InChI=1S/C22H22N6O5/c1-12-9-26-28-21(12)27-20(29)8-16-17(30-2)5-13(10-23-16)33-22-14-6-18(31-3)19(32-4)7-15(14)24-11-25-22/h5-7,9-11H,8H2,1-4H3,(H2,26,27,28,29). The number of hydrogen-bond donors (Lipinski definition) is 2. The largest absolute Gasteiger partial charge is 0.495 e. The van der Waals surface area contributed by atoms with Gasteiger partial charge in [0.05, 0.1) is 50.5 Å². The van der Waals surface area contributed by atoms with Crippen LogP contribution in [0.25, 0.3) is 10.9 Å². The van der Waals surface area contributed by atoms with E-state index < -0.39 is 0 Å². The molecule has 0 fully saturated rings. The average Bonchev–Trinajstić information content (AvgIpc) is 3.23. The van der Waals surface area contributed by atoms with E-state index in [1.54, 1.807) is 38.6 Å². The second-order valence-electron chi connectivity index (χ2n) is 6.97. The fraction of sp³-hybridized carbons (Fsp3) is 0.227. The van der Waals surface area contributed by atoms with Crippen molar-refractivity contribution in [1.29, 1.82) is 0 Å². The summed E-state index contributed by atoms with van der Waals surface area (Å²) in [6.45, 7) is 1.84. The number of anilines is 1. The van der Waals surface area contributed by atoms with Crippen molar-refractivity contribution in [1.82, 2.24) is 25.1 Å². The Labute approximate surface area is 189 Å². The minimum absolute atomic E-state index is 0.00316. The number of nitrogens with one attached hydrogen (secondary N) is 2. The van der Waals surface area contributed by atoms with Crippen LogP contribution >= 0.6 is 0 Å². The number of carbonyl (C=O) groups excluding carboxylic acids is 1. The summed E-state index contributed by atoms with van der Waals surface area (Å²) in [5.74, 6) is 2.37. The summed E-state index contributed by atoms with van der Waals surface area (Å²) < 4.78 is 22.1. The van der Waals surface area contributed by atoms with Crippen LogP contribution in [0.5, 0.6) is 28.9 Å². The van der Waals surface area contributed by atoms with E-state index in [0.29, 0.717) is 51.3 Å². The van der Waals surface area contributed by atoms with E-state index in [0.717, 1.165) is 5.56 Å². The first-order chi connectivity index (χ1) is 16.0. The molecule has 4 aromatic rings. The van der Waals surface area contributed by atoms with Gasteiger partial charge in [-0.1, -0.05) is 0 Å². The summed E-state index contributed by atoms with van der Waals surface area (Å²) in [6.07, 6.45) is 4.59. The van der Waals surface area contributed by atoms with Gasteiger partial charge in [-0.25, -0.2) is 9.97 Å². The van der Waals surface area contributed by atoms with Crippen LogP contribution < -0.4 is 24.3 Å². The number of benzene rings is 1. The Balaban J connectivity index is 1.57. The molecule has 33 heavy (non-hydrogen) atoms. The summed E-state index contributed by atoms with van der Waals surface area (Å²) in [4.78, 5) is 25.3. The maximum atomic E-state index is 12.4. The molecule has 0 saturated heterocycles. The maximum absolute atomic E-state index is 12.4. The van der Waals surface area contributed by atoms with Crippen LogP contribution in [0, 0.1) is 6.92 Å². The molecule has 0 bridgehead atoms. The highest BCUT2D eigenvalue weighted by molar-refractivity contribution is 5.92. The van der Waals surface area contributed by atoms with Gasteiger partial charge < -0.3 is 24.3 Å². The Bertz CT molecular complexity index is 1310. The first-order valence-electron chi connectivity index (χ1n) is 9.90. The van der Waals surface area contributed by atoms with Crippen molar-refractivity contribution in [3.63, 3.8) is 0 Å². The third kappa shape index (κ3) is 4.61. The van der Waals surface area contributed by atoms with Crippen molar-refractivity contribution in [3.8, 4) is 28.9 Å². The highest BCUT2D eigenvalue weighted by Crippen LogP contribution is 2.36. The third-order valence-corrected chi connectivity index (χ3v) is 4.86. The lowest BCUT2D eigenvalue weighted by molar-refractivity contribution is -0.115. The zero-order valence-electron chi connectivity index (χ0n) is 18.5. The number of amides is 1. The van der Waals surface area contributed by atoms with Crippen LogP contribution in [-0.4, -0.2) is 52.4 Å². The molecule has 4 rings (SSSR count). The van der Waals surface area contributed by atoms with E-state index in [9.17, 15) is 4.79 Å². The number of hydrogen-bond acceptors (Lipinski definition) is 9. The lowest BCUT2D eigenvalue weighted by Crippen LogP contribution is -2.16. The van der Waals surface area contributed by atoms with Gasteiger partial charge in [0.25, 0.3) is 0 Å². The van der Waals surface area contributed by atoms with Gasteiger partial charge in [0.2, 0.25) is 11.8 Å². The number of H-pyrrole nitrogens is 1. The SMILES string of the molecule is COc1cc2ncnc(Oc3cnc(CC(=O)Nc4n[nH]cc4C)c(OC)c3)c2cc1OC. The second-order valence-corrected chi connectivity index (χ2v) is 6.97. The van der Waals surface area contributed by atoms with Gasteiger partial charge in [0, 0.05) is 23.9 Å². The molecule has 11 nitrogen and oxygen atoms in total. The third-order valence-electron chi connectivity index (χ3n) is 4.86. The Morgan fingerprint density at radius 1 is 1.00 bits per heavy atom. The van der Waals surface area contributed by atoms with Crippen LogP contribution in [0.4, 0.5) is 5.82 Å². The van der Waals surface area contributed by atoms with Crippen LogP contribution in [0.2, 0.25) is 0 Å². The molecular formula is C22H22N6O5. The number of carbonyl (C=O) groups is 1. The molecule has 1 amide bonds. The molecule has 0 unspecified atom stereocenters. The molecule has 170 valence electrons. The summed E-state index contributed by atoms with van der Waals surface area (Å²) in [7, 11) is 4.60. The predicted molar refractivity (Wildman–Crippen MR) is 119 cm³/mol. The van der Waals surface area contributed by atoms with Crippen molar-refractivity contribution in [2.75, 3.05) is 26.6 Å². The van der Waals surface area contributed by atoms with Gasteiger partial charge in [0.1, 0.15) is 12.1 Å².